The third-order valence-electron chi connectivity index (χ3n) is 14.1. The van der Waals surface area contributed by atoms with Gasteiger partial charge in [-0.25, -0.2) is 9.78 Å². The number of ether oxygens (including phenoxy) is 1. The number of thiol groups is 1. The van der Waals surface area contributed by atoms with Gasteiger partial charge in [-0.2, -0.15) is 0 Å². The zero-order valence-corrected chi connectivity index (χ0v) is 43.8. The van der Waals surface area contributed by atoms with Gasteiger partial charge in [-0.1, -0.05) is 271 Å². The Morgan fingerprint density at radius 2 is 1.03 bits per heavy atom. The van der Waals surface area contributed by atoms with Crippen molar-refractivity contribution in [1.29, 1.82) is 0 Å². The van der Waals surface area contributed by atoms with E-state index in [1.165, 1.54) is 4.90 Å². The molecule has 2 aliphatic rings. The van der Waals surface area contributed by atoms with E-state index in [9.17, 15) is 9.59 Å². The summed E-state index contributed by atoms with van der Waals surface area (Å²) in [5.74, 6) is -2.00. The van der Waals surface area contributed by atoms with Crippen LogP contribution in [0.15, 0.2) is 258 Å². The number of nitrogens with zero attached hydrogens (tertiary/aromatic N) is 3. The summed E-state index contributed by atoms with van der Waals surface area (Å²) in [6.07, 6.45) is -0.00641. The maximum Gasteiger partial charge on any atom is 0.356 e. The molecule has 0 aliphatic carbocycles. The highest BCUT2D eigenvalue weighted by Gasteiger charge is 2.54. The quantitative estimate of drug-likeness (QED) is 0.0207. The number of esters is 1. The first-order valence-electron chi connectivity index (χ1n) is 25.2. The Kier molecular flexibility index (Phi) is 14.7. The molecule has 2 unspecified atom stereocenters. The molecular weight excluding hydrogens is 1020 g/mol. The molecule has 77 heavy (non-hydrogen) atoms. The number of oxime groups is 1. The lowest BCUT2D eigenvalue weighted by Gasteiger charge is -2.50. The summed E-state index contributed by atoms with van der Waals surface area (Å²) < 4.78 is 6.40. The van der Waals surface area contributed by atoms with Gasteiger partial charge in [0.15, 0.2) is 16.9 Å². The number of benzene rings is 8. The number of fused-ring (bicyclic) bond motifs is 1. The Hall–Kier alpha value is -8.55. The number of halogens is 1. The second-order valence-corrected chi connectivity index (χ2v) is 20.7. The van der Waals surface area contributed by atoms with Crippen molar-refractivity contribution in [3.05, 3.63) is 308 Å². The molecule has 1 fully saturated rings. The van der Waals surface area contributed by atoms with Crippen LogP contribution in [0.1, 0.15) is 69.1 Å². The Labute approximate surface area is 461 Å². The summed E-state index contributed by atoms with van der Waals surface area (Å²) in [4.78, 5) is 58.3. The molecule has 0 bridgehead atoms. The standard InChI is InChI=1S/C64H50ClN5O5S2/c65-58-54(67-62(77-58)68-63(45-29-13-3-14-30-45,46-31-15-4-16-32-46)47-33-17-5-18-34-47)55(69-75-64(48-35-19-6-20-36-48,49-37-21-7-22-38-49)50-39-23-8-24-40-50)59(71)66-53-51-41-42-52(76)56(70(51)60(53)72)61(73)74-57(43-25-9-1-10-26-43)44-27-11-2-12-28-44/h1-40,51,53,57,76H,41-42H2,(H,66,71)(H,67,68). The van der Waals surface area contributed by atoms with E-state index >= 15 is 4.79 Å². The maximum absolute atomic E-state index is 15.4. The van der Waals surface area contributed by atoms with E-state index in [0.717, 1.165) is 55.8 Å². The molecule has 1 saturated heterocycles. The Morgan fingerprint density at radius 3 is 1.45 bits per heavy atom. The first-order valence-corrected chi connectivity index (χ1v) is 26.8. The summed E-state index contributed by atoms with van der Waals surface area (Å²) in [5.41, 5.74) is 3.86. The number of thiazole rings is 1. The number of hydrogen-bond donors (Lipinski definition) is 3. The minimum atomic E-state index is -1.41. The third kappa shape index (κ3) is 9.83. The highest BCUT2D eigenvalue weighted by molar-refractivity contribution is 7.84. The van der Waals surface area contributed by atoms with Crippen LogP contribution in [-0.4, -0.2) is 45.5 Å². The van der Waals surface area contributed by atoms with Crippen molar-refractivity contribution < 1.29 is 24.0 Å². The number of carbonyl (C=O) groups is 3. The van der Waals surface area contributed by atoms with Crippen molar-refractivity contribution in [2.75, 3.05) is 5.32 Å². The minimum absolute atomic E-state index is 0.0183. The van der Waals surface area contributed by atoms with E-state index in [4.69, 9.17) is 43.9 Å². The van der Waals surface area contributed by atoms with Crippen LogP contribution in [0.2, 0.25) is 4.34 Å². The van der Waals surface area contributed by atoms with Crippen molar-refractivity contribution in [2.24, 2.45) is 5.16 Å². The number of aromatic nitrogens is 1. The summed E-state index contributed by atoms with van der Waals surface area (Å²) in [7, 11) is 0. The number of rotatable bonds is 17. The van der Waals surface area contributed by atoms with Crippen LogP contribution in [0.3, 0.4) is 0 Å². The van der Waals surface area contributed by atoms with Gasteiger partial charge < -0.3 is 20.2 Å². The molecule has 2 aliphatic heterocycles. The predicted molar refractivity (Wildman–Crippen MR) is 305 cm³/mol. The molecule has 0 radical (unpaired) electrons. The summed E-state index contributed by atoms with van der Waals surface area (Å²) in [6, 6.07) is 76.3. The fourth-order valence-corrected chi connectivity index (χ4v) is 11.8. The first kappa shape index (κ1) is 50.6. The molecule has 13 heteroatoms. The van der Waals surface area contributed by atoms with Gasteiger partial charge in [0, 0.05) is 21.6 Å². The number of β-lactam (4-membered cyclic amide) rings is 1. The Bertz CT molecular complexity index is 3340. The van der Waals surface area contributed by atoms with Crippen LogP contribution in [0, 0.1) is 0 Å². The van der Waals surface area contributed by atoms with Crippen LogP contribution in [0.5, 0.6) is 0 Å². The zero-order chi connectivity index (χ0) is 52.8. The number of allylic oxidation sites excluding steroid dienone is 1. The second kappa shape index (κ2) is 22.3. The topological polar surface area (TPSA) is 122 Å². The average molecular weight is 1070 g/mol. The van der Waals surface area contributed by atoms with Crippen molar-refractivity contribution in [3.8, 4) is 0 Å². The molecule has 380 valence electrons. The van der Waals surface area contributed by atoms with Gasteiger partial charge >= 0.3 is 5.97 Å². The lowest BCUT2D eigenvalue weighted by atomic mass is 9.77. The molecule has 2 N–H and O–H groups in total. The van der Waals surface area contributed by atoms with Gasteiger partial charge in [-0.3, -0.25) is 14.5 Å². The van der Waals surface area contributed by atoms with Crippen molar-refractivity contribution in [1.82, 2.24) is 15.2 Å². The van der Waals surface area contributed by atoms with Gasteiger partial charge in [0.2, 0.25) is 5.60 Å². The van der Waals surface area contributed by atoms with E-state index < -0.39 is 47.1 Å². The van der Waals surface area contributed by atoms with Crippen LogP contribution >= 0.6 is 35.6 Å². The van der Waals surface area contributed by atoms with Gasteiger partial charge in [-0.15, -0.1) is 12.6 Å². The lowest BCUT2D eigenvalue weighted by Crippen LogP contribution is -2.72. The molecule has 0 spiro atoms. The summed E-state index contributed by atoms with van der Waals surface area (Å²) in [6.45, 7) is 0. The van der Waals surface area contributed by atoms with E-state index in [2.05, 4.69) is 47.0 Å². The van der Waals surface area contributed by atoms with Crippen molar-refractivity contribution in [2.45, 2.75) is 42.2 Å². The SMILES string of the molecule is O=C(NC1C(=O)N2C(C(=O)OC(c3ccccc3)c3ccccc3)=C(S)CCC12)C(=NOC(c1ccccc1)(c1ccccc1)c1ccccc1)c1nc(NC(c2ccccc2)(c2ccccc2)c2ccccc2)sc1Cl. The molecular formula is C64H50ClN5O5S2. The van der Waals surface area contributed by atoms with Gasteiger partial charge in [0.1, 0.15) is 27.3 Å². The van der Waals surface area contributed by atoms with E-state index in [1.54, 1.807) is 0 Å². The third-order valence-corrected chi connectivity index (χ3v) is 15.7. The average Bonchev–Trinajstić information content (AvgIpc) is 3.90. The largest absolute Gasteiger partial charge is 0.448 e. The van der Waals surface area contributed by atoms with Crippen LogP contribution in [0.4, 0.5) is 5.13 Å². The van der Waals surface area contributed by atoms with Gasteiger partial charge in [0.25, 0.3) is 11.8 Å². The molecule has 3 heterocycles. The molecule has 2 atom stereocenters. The maximum atomic E-state index is 15.4. The minimum Gasteiger partial charge on any atom is -0.448 e. The van der Waals surface area contributed by atoms with E-state index in [0.29, 0.717) is 22.9 Å². The molecule has 8 aromatic carbocycles. The molecule has 0 saturated carbocycles. The number of anilines is 1. The van der Waals surface area contributed by atoms with Crippen molar-refractivity contribution >= 4 is 64.2 Å². The zero-order valence-electron chi connectivity index (χ0n) is 41.4. The van der Waals surface area contributed by atoms with E-state index in [-0.39, 0.29) is 21.4 Å². The molecule has 9 aromatic rings. The van der Waals surface area contributed by atoms with E-state index in [1.807, 2.05) is 206 Å². The van der Waals surface area contributed by atoms with Crippen LogP contribution in [0.25, 0.3) is 0 Å². The van der Waals surface area contributed by atoms with Gasteiger partial charge in [0.05, 0.1) is 6.04 Å². The fraction of sp³-hybridized carbons (Fsp3) is 0.109. The number of nitrogens with one attached hydrogen (secondary N) is 2. The first-order chi connectivity index (χ1) is 37.8. The molecule has 2 amide bonds. The molecule has 10 nitrogen and oxygen atoms in total. The predicted octanol–water partition coefficient (Wildman–Crippen LogP) is 12.9. The highest BCUT2D eigenvalue weighted by Crippen LogP contribution is 2.45. The van der Waals surface area contributed by atoms with Crippen LogP contribution < -0.4 is 10.6 Å². The monoisotopic (exact) mass is 1070 g/mol. The van der Waals surface area contributed by atoms with Gasteiger partial charge in [-0.05, 0) is 40.7 Å². The highest BCUT2D eigenvalue weighted by atomic mass is 35.5. The molecule has 11 rings (SSSR count). The Morgan fingerprint density at radius 1 is 0.623 bits per heavy atom. The summed E-state index contributed by atoms with van der Waals surface area (Å²) in [5, 5.41) is 12.0. The van der Waals surface area contributed by atoms with Crippen LogP contribution in [-0.2, 0) is 35.1 Å². The number of hydrogen-bond acceptors (Lipinski definition) is 10. The number of amides is 2. The molecule has 1 aromatic heterocycles. The lowest BCUT2D eigenvalue weighted by molar-refractivity contribution is -0.158. The number of carbonyl (C=O) groups excluding carboxylic acids is 3. The van der Waals surface area contributed by atoms with Crippen molar-refractivity contribution in [3.63, 3.8) is 0 Å². The smallest absolute Gasteiger partial charge is 0.356 e. The normalized spacial score (nSPS) is 15.5. The fourth-order valence-electron chi connectivity index (χ4n) is 10.4. The summed E-state index contributed by atoms with van der Waals surface area (Å²) >= 11 is 13.2. The second-order valence-electron chi connectivity index (χ2n) is 18.6. The Balaban J connectivity index is 0.988.